The maximum absolute atomic E-state index is 11.9. The monoisotopic (exact) mass is 292 g/mol. The third kappa shape index (κ3) is 3.19. The van der Waals surface area contributed by atoms with Gasteiger partial charge in [0.2, 0.25) is 5.88 Å². The van der Waals surface area contributed by atoms with E-state index in [0.29, 0.717) is 16.5 Å². The van der Waals surface area contributed by atoms with Gasteiger partial charge in [0.25, 0.3) is 0 Å². The van der Waals surface area contributed by atoms with Crippen LogP contribution in [0.4, 0.5) is 5.69 Å². The molecule has 0 radical (unpaired) electrons. The molecule has 20 heavy (non-hydrogen) atoms. The number of hydrogen-bond donors (Lipinski definition) is 1. The lowest BCUT2D eigenvalue weighted by Gasteiger charge is -2.11. The van der Waals surface area contributed by atoms with Gasteiger partial charge < -0.3 is 15.2 Å². The highest BCUT2D eigenvalue weighted by molar-refractivity contribution is 6.31. The molecule has 2 aromatic rings. The Bertz CT molecular complexity index is 632. The number of ether oxygens (including phenoxy) is 2. The minimum atomic E-state index is -0.512. The van der Waals surface area contributed by atoms with Crippen molar-refractivity contribution in [1.29, 1.82) is 0 Å². The van der Waals surface area contributed by atoms with E-state index in [9.17, 15) is 4.79 Å². The van der Waals surface area contributed by atoms with Crippen LogP contribution in [0.1, 0.15) is 17.3 Å². The van der Waals surface area contributed by atoms with Crippen molar-refractivity contribution in [2.75, 3.05) is 12.3 Å². The van der Waals surface area contributed by atoms with Crippen LogP contribution in [0.3, 0.4) is 0 Å². The first-order valence-corrected chi connectivity index (χ1v) is 6.34. The van der Waals surface area contributed by atoms with Crippen LogP contribution in [0.25, 0.3) is 0 Å². The molecule has 0 saturated heterocycles. The molecule has 0 fully saturated rings. The third-order valence-corrected chi connectivity index (χ3v) is 2.72. The summed E-state index contributed by atoms with van der Waals surface area (Å²) in [4.78, 5) is 15.9. The molecule has 2 N–H and O–H groups in total. The van der Waals surface area contributed by atoms with Gasteiger partial charge >= 0.3 is 5.97 Å². The van der Waals surface area contributed by atoms with Gasteiger partial charge in [0, 0.05) is 11.9 Å². The van der Waals surface area contributed by atoms with Gasteiger partial charge in [0.1, 0.15) is 16.3 Å². The lowest BCUT2D eigenvalue weighted by Crippen LogP contribution is -2.07. The van der Waals surface area contributed by atoms with Crippen molar-refractivity contribution in [1.82, 2.24) is 4.98 Å². The highest BCUT2D eigenvalue weighted by Crippen LogP contribution is 2.30. The molecule has 0 aliphatic heterocycles. The molecule has 1 aromatic carbocycles. The smallest absolute Gasteiger partial charge is 0.342 e. The molecule has 0 amide bonds. The summed E-state index contributed by atoms with van der Waals surface area (Å²) in [7, 11) is 0. The van der Waals surface area contributed by atoms with Gasteiger partial charge in [-0.25, -0.2) is 9.78 Å². The predicted octanol–water partition coefficient (Wildman–Crippen LogP) is 3.29. The van der Waals surface area contributed by atoms with Crippen LogP contribution in [-0.2, 0) is 4.74 Å². The van der Waals surface area contributed by atoms with Crippen molar-refractivity contribution in [2.45, 2.75) is 6.92 Å². The molecule has 2 rings (SSSR count). The fourth-order valence-corrected chi connectivity index (χ4v) is 1.72. The lowest BCUT2D eigenvalue weighted by atomic mass is 10.2. The zero-order valence-electron chi connectivity index (χ0n) is 10.8. The van der Waals surface area contributed by atoms with E-state index >= 15 is 0 Å². The van der Waals surface area contributed by atoms with E-state index in [4.69, 9.17) is 26.8 Å². The summed E-state index contributed by atoms with van der Waals surface area (Å²) >= 11 is 5.97. The molecule has 0 aliphatic carbocycles. The fraction of sp³-hybridized carbons (Fsp3) is 0.143. The van der Waals surface area contributed by atoms with Crippen molar-refractivity contribution < 1.29 is 14.3 Å². The molecule has 0 unspecified atom stereocenters. The quantitative estimate of drug-likeness (QED) is 0.691. The predicted molar refractivity (Wildman–Crippen MR) is 76.1 cm³/mol. The average molecular weight is 293 g/mol. The van der Waals surface area contributed by atoms with E-state index in [-0.39, 0.29) is 18.1 Å². The molecule has 0 spiro atoms. The summed E-state index contributed by atoms with van der Waals surface area (Å²) in [6, 6.07) is 8.02. The second-order valence-corrected chi connectivity index (χ2v) is 4.28. The second-order valence-electron chi connectivity index (χ2n) is 3.87. The SMILES string of the molecule is CCOC(=O)c1cc(N)ccc1Oc1ncccc1Cl. The average Bonchev–Trinajstić information content (AvgIpc) is 2.43. The minimum absolute atomic E-state index is 0.212. The van der Waals surface area contributed by atoms with E-state index in [1.807, 2.05) is 0 Å². The molecule has 104 valence electrons. The topological polar surface area (TPSA) is 74.4 Å². The summed E-state index contributed by atoms with van der Waals surface area (Å²) in [6.07, 6.45) is 1.54. The highest BCUT2D eigenvalue weighted by Gasteiger charge is 2.16. The minimum Gasteiger partial charge on any atom is -0.462 e. The molecule has 0 saturated carbocycles. The van der Waals surface area contributed by atoms with Crippen molar-refractivity contribution in [2.24, 2.45) is 0 Å². The number of halogens is 1. The molecule has 1 aromatic heterocycles. The summed E-state index contributed by atoms with van der Waals surface area (Å²) < 4.78 is 10.5. The molecule has 0 bridgehead atoms. The molecule has 6 heteroatoms. The third-order valence-electron chi connectivity index (χ3n) is 2.43. The van der Waals surface area contributed by atoms with Crippen LogP contribution in [0.15, 0.2) is 36.5 Å². The van der Waals surface area contributed by atoms with Crippen LogP contribution in [0, 0.1) is 0 Å². The van der Waals surface area contributed by atoms with E-state index in [2.05, 4.69) is 4.98 Å². The molecule has 0 aliphatic rings. The molecule has 0 atom stereocenters. The number of carbonyl (C=O) groups is 1. The largest absolute Gasteiger partial charge is 0.462 e. The molecular weight excluding hydrogens is 280 g/mol. The van der Waals surface area contributed by atoms with Gasteiger partial charge in [-0.15, -0.1) is 0 Å². The molecule has 5 nitrogen and oxygen atoms in total. The second kappa shape index (κ2) is 6.25. The van der Waals surface area contributed by atoms with Gasteiger partial charge in [-0.1, -0.05) is 11.6 Å². The number of esters is 1. The number of anilines is 1. The Morgan fingerprint density at radius 2 is 2.20 bits per heavy atom. The summed E-state index contributed by atoms with van der Waals surface area (Å²) in [5, 5.41) is 0.346. The Morgan fingerprint density at radius 3 is 2.90 bits per heavy atom. The zero-order chi connectivity index (χ0) is 14.5. The number of nitrogens with two attached hydrogens (primary N) is 1. The van der Waals surface area contributed by atoms with Crippen molar-refractivity contribution in [3.05, 3.63) is 47.1 Å². The van der Waals surface area contributed by atoms with Crippen molar-refractivity contribution >= 4 is 23.3 Å². The lowest BCUT2D eigenvalue weighted by molar-refractivity contribution is 0.0523. The van der Waals surface area contributed by atoms with Crippen LogP contribution >= 0.6 is 11.6 Å². The number of aromatic nitrogens is 1. The van der Waals surface area contributed by atoms with Gasteiger partial charge in [0.15, 0.2) is 0 Å². The summed E-state index contributed by atoms with van der Waals surface area (Å²) in [5.41, 5.74) is 6.35. The molecule has 1 heterocycles. The first-order chi connectivity index (χ1) is 9.61. The molecular formula is C14H13ClN2O3. The Labute approximate surface area is 121 Å². The number of pyridine rings is 1. The number of hydrogen-bond acceptors (Lipinski definition) is 5. The number of nitrogens with zero attached hydrogens (tertiary/aromatic N) is 1. The first kappa shape index (κ1) is 14.1. The van der Waals surface area contributed by atoms with Gasteiger partial charge in [0.05, 0.1) is 6.61 Å². The summed E-state index contributed by atoms with van der Waals surface area (Å²) in [6.45, 7) is 1.98. The fourth-order valence-electron chi connectivity index (χ4n) is 1.56. The van der Waals surface area contributed by atoms with Crippen molar-refractivity contribution in [3.63, 3.8) is 0 Å². The standard InChI is InChI=1S/C14H13ClN2O3/c1-2-19-14(18)10-8-9(16)5-6-12(10)20-13-11(15)4-3-7-17-13/h3-8H,2,16H2,1H3. The van der Waals surface area contributed by atoms with Gasteiger partial charge in [-0.3, -0.25) is 0 Å². The first-order valence-electron chi connectivity index (χ1n) is 5.97. The van der Waals surface area contributed by atoms with Crippen LogP contribution < -0.4 is 10.5 Å². The van der Waals surface area contributed by atoms with Crippen LogP contribution in [0.5, 0.6) is 11.6 Å². The van der Waals surface area contributed by atoms with Gasteiger partial charge in [-0.2, -0.15) is 0 Å². The maximum Gasteiger partial charge on any atom is 0.342 e. The van der Waals surface area contributed by atoms with Crippen molar-refractivity contribution in [3.8, 4) is 11.6 Å². The van der Waals surface area contributed by atoms with E-state index in [1.54, 1.807) is 37.4 Å². The van der Waals surface area contributed by atoms with E-state index in [1.165, 1.54) is 6.07 Å². The normalized spacial score (nSPS) is 10.1. The number of benzene rings is 1. The van der Waals surface area contributed by atoms with Crippen LogP contribution in [0.2, 0.25) is 5.02 Å². The maximum atomic E-state index is 11.9. The zero-order valence-corrected chi connectivity index (χ0v) is 11.6. The Morgan fingerprint density at radius 1 is 1.40 bits per heavy atom. The Kier molecular flexibility index (Phi) is 4.42. The number of carbonyl (C=O) groups excluding carboxylic acids is 1. The van der Waals surface area contributed by atoms with Gasteiger partial charge in [-0.05, 0) is 37.3 Å². The highest BCUT2D eigenvalue weighted by atomic mass is 35.5. The Hall–Kier alpha value is -2.27. The number of rotatable bonds is 4. The number of nitrogen functional groups attached to an aromatic ring is 1. The van der Waals surface area contributed by atoms with E-state index in [0.717, 1.165) is 0 Å². The summed E-state index contributed by atoms with van der Waals surface area (Å²) in [5.74, 6) is -0.00964. The Balaban J connectivity index is 2.36. The van der Waals surface area contributed by atoms with E-state index < -0.39 is 5.97 Å². The van der Waals surface area contributed by atoms with Crippen LogP contribution in [-0.4, -0.2) is 17.6 Å².